The van der Waals surface area contributed by atoms with E-state index >= 15 is 0 Å². The van der Waals surface area contributed by atoms with E-state index < -0.39 is 18.8 Å². The fourth-order valence-electron chi connectivity index (χ4n) is 1.30. The molecule has 0 spiro atoms. The Labute approximate surface area is 97.8 Å². The van der Waals surface area contributed by atoms with Gasteiger partial charge in [-0.25, -0.2) is 4.57 Å². The highest BCUT2D eigenvalue weighted by Gasteiger charge is 2.27. The van der Waals surface area contributed by atoms with Gasteiger partial charge in [0.2, 0.25) is 0 Å². The first kappa shape index (κ1) is 13.8. The van der Waals surface area contributed by atoms with Gasteiger partial charge < -0.3 is 4.89 Å². The van der Waals surface area contributed by atoms with Gasteiger partial charge in [0.05, 0.1) is 16.6 Å². The molecule has 8 heteroatoms. The van der Waals surface area contributed by atoms with Crippen molar-refractivity contribution in [3.63, 3.8) is 0 Å². The Balaban J connectivity index is 3.00. The minimum atomic E-state index is -4.17. The molecule has 0 aliphatic rings. The highest BCUT2D eigenvalue weighted by atomic mass is 31.2. The van der Waals surface area contributed by atoms with Crippen molar-refractivity contribution in [3.8, 4) is 0 Å². The molecular formula is C9H12NO6P. The van der Waals surface area contributed by atoms with Crippen molar-refractivity contribution in [3.05, 3.63) is 39.9 Å². The third-order valence-electron chi connectivity index (χ3n) is 2.09. The lowest BCUT2D eigenvalue weighted by molar-refractivity contribution is -0.386. The summed E-state index contributed by atoms with van der Waals surface area (Å²) in [5.41, 5.74) is 0.0416. The Morgan fingerprint density at radius 1 is 1.47 bits per heavy atom. The van der Waals surface area contributed by atoms with Crippen molar-refractivity contribution in [2.45, 2.75) is 13.0 Å². The largest absolute Gasteiger partial charge is 0.472 e. The molecular weight excluding hydrogens is 250 g/mol. The van der Waals surface area contributed by atoms with Crippen LogP contribution in [0.25, 0.3) is 0 Å². The second-order valence-corrected chi connectivity index (χ2v) is 4.73. The van der Waals surface area contributed by atoms with Crippen molar-refractivity contribution in [1.82, 2.24) is 0 Å². The van der Waals surface area contributed by atoms with Crippen LogP contribution in [0, 0.1) is 10.1 Å². The molecule has 1 unspecified atom stereocenters. The second kappa shape index (κ2) is 5.37. The minimum absolute atomic E-state index is 0.170. The van der Waals surface area contributed by atoms with E-state index in [0.717, 1.165) is 7.11 Å². The summed E-state index contributed by atoms with van der Waals surface area (Å²) in [5, 5.41) is 10.7. The smallest absolute Gasteiger partial charge is 0.302 e. The molecule has 0 fully saturated rings. The fraction of sp³-hybridized carbons (Fsp3) is 0.333. The van der Waals surface area contributed by atoms with Crippen LogP contribution < -0.4 is 0 Å². The molecule has 1 aromatic carbocycles. The van der Waals surface area contributed by atoms with Gasteiger partial charge in [-0.1, -0.05) is 12.1 Å². The molecule has 0 saturated heterocycles. The average Bonchev–Trinajstić information content (AvgIpc) is 2.28. The molecule has 0 aliphatic carbocycles. The summed E-state index contributed by atoms with van der Waals surface area (Å²) in [6.07, 6.45) is -0.924. The van der Waals surface area contributed by atoms with Gasteiger partial charge in [-0.3, -0.25) is 19.2 Å². The van der Waals surface area contributed by atoms with E-state index in [2.05, 4.69) is 4.52 Å². The normalized spacial score (nSPS) is 16.2. The maximum absolute atomic E-state index is 11.2. The highest BCUT2D eigenvalue weighted by molar-refractivity contribution is 7.47. The Hall–Kier alpha value is -1.27. The van der Waals surface area contributed by atoms with Crippen molar-refractivity contribution in [1.29, 1.82) is 0 Å². The van der Waals surface area contributed by atoms with E-state index in [4.69, 9.17) is 9.42 Å². The molecule has 0 heterocycles. The Morgan fingerprint density at radius 2 is 2.06 bits per heavy atom. The van der Waals surface area contributed by atoms with Gasteiger partial charge in [0.25, 0.3) is 5.69 Å². The number of rotatable bonds is 5. The highest BCUT2D eigenvalue weighted by Crippen LogP contribution is 2.47. The molecule has 1 rings (SSSR count). The first-order chi connectivity index (χ1) is 7.87. The number of hydrogen-bond acceptors (Lipinski definition) is 5. The molecule has 0 amide bonds. The van der Waals surface area contributed by atoms with Gasteiger partial charge in [-0.2, -0.15) is 0 Å². The Bertz CT molecular complexity index is 463. The summed E-state index contributed by atoms with van der Waals surface area (Å²) >= 11 is 0. The summed E-state index contributed by atoms with van der Waals surface area (Å²) in [7, 11) is -3.15. The molecule has 0 saturated carbocycles. The maximum Gasteiger partial charge on any atom is 0.472 e. The summed E-state index contributed by atoms with van der Waals surface area (Å²) in [6, 6.07) is 5.84. The van der Waals surface area contributed by atoms with Crippen LogP contribution >= 0.6 is 7.82 Å². The predicted molar refractivity (Wildman–Crippen MR) is 59.4 cm³/mol. The molecule has 1 N–H and O–H groups in total. The molecule has 0 radical (unpaired) electrons. The number of benzene rings is 1. The number of nitrogens with zero attached hydrogens (tertiary/aromatic N) is 1. The summed E-state index contributed by atoms with van der Waals surface area (Å²) in [4.78, 5) is 19.3. The SMILES string of the molecule is COP(=O)(O)O[13C@H](C)c1ccccc1[N+](=O)[O-]. The molecule has 7 nitrogen and oxygen atoms in total. The van der Waals surface area contributed by atoms with Crippen molar-refractivity contribution < 1.29 is 23.4 Å². The van der Waals surface area contributed by atoms with Gasteiger partial charge in [0.15, 0.2) is 0 Å². The zero-order valence-electron chi connectivity index (χ0n) is 9.27. The van der Waals surface area contributed by atoms with Crippen LogP contribution in [0.15, 0.2) is 24.3 Å². The van der Waals surface area contributed by atoms with Crippen LogP contribution in [0.1, 0.15) is 18.6 Å². The van der Waals surface area contributed by atoms with Crippen molar-refractivity contribution in [2.75, 3.05) is 7.11 Å². The van der Waals surface area contributed by atoms with Crippen molar-refractivity contribution >= 4 is 13.5 Å². The van der Waals surface area contributed by atoms with E-state index in [-0.39, 0.29) is 11.3 Å². The van der Waals surface area contributed by atoms with Crippen LogP contribution in [0.4, 0.5) is 5.69 Å². The van der Waals surface area contributed by atoms with E-state index in [9.17, 15) is 14.7 Å². The minimum Gasteiger partial charge on any atom is -0.302 e. The number of phosphoric ester groups is 1. The first-order valence-electron chi connectivity index (χ1n) is 4.67. The van der Waals surface area contributed by atoms with Crippen LogP contribution in [0.2, 0.25) is 0 Å². The van der Waals surface area contributed by atoms with E-state index in [1.54, 1.807) is 6.07 Å². The number of hydrogen-bond donors (Lipinski definition) is 1. The number of phosphoric acid groups is 1. The lowest BCUT2D eigenvalue weighted by Gasteiger charge is -2.16. The van der Waals surface area contributed by atoms with Crippen LogP contribution in [-0.2, 0) is 13.6 Å². The standard InChI is InChI=1S/C9H12NO6P/c1-7(16-17(13,14)15-2)8-5-3-4-6-9(8)10(11)12/h3-7H,1-2H3,(H,13,14)/t7-/m1/s1/i7+1. The summed E-state index contributed by atoms with van der Waals surface area (Å²) < 4.78 is 20.2. The van der Waals surface area contributed by atoms with E-state index in [1.165, 1.54) is 25.1 Å². The van der Waals surface area contributed by atoms with E-state index in [1.807, 2.05) is 0 Å². The second-order valence-electron chi connectivity index (χ2n) is 3.21. The monoisotopic (exact) mass is 262 g/mol. The molecule has 2 atom stereocenters. The third-order valence-corrected chi connectivity index (χ3v) is 3.14. The molecule has 0 aliphatic heterocycles. The van der Waals surface area contributed by atoms with E-state index in [0.29, 0.717) is 0 Å². The topological polar surface area (TPSA) is 98.9 Å². The van der Waals surface area contributed by atoms with Gasteiger partial charge in [0, 0.05) is 13.2 Å². The summed E-state index contributed by atoms with van der Waals surface area (Å²) in [5.74, 6) is 0. The number of nitro benzene ring substituents is 1. The Morgan fingerprint density at radius 3 is 2.59 bits per heavy atom. The van der Waals surface area contributed by atoms with Gasteiger partial charge in [-0.15, -0.1) is 0 Å². The number of para-hydroxylation sites is 1. The Kier molecular flexibility index (Phi) is 4.36. The zero-order valence-corrected chi connectivity index (χ0v) is 10.2. The average molecular weight is 262 g/mol. The quantitative estimate of drug-likeness (QED) is 0.378. The van der Waals surface area contributed by atoms with Crippen LogP contribution in [0.3, 0.4) is 0 Å². The fourth-order valence-corrected chi connectivity index (χ4v) is 1.90. The van der Waals surface area contributed by atoms with Gasteiger partial charge in [-0.05, 0) is 13.0 Å². The predicted octanol–water partition coefficient (Wildman–Crippen LogP) is 2.42. The maximum atomic E-state index is 11.2. The van der Waals surface area contributed by atoms with Crippen LogP contribution in [0.5, 0.6) is 0 Å². The van der Waals surface area contributed by atoms with Crippen LogP contribution in [-0.4, -0.2) is 16.9 Å². The molecule has 17 heavy (non-hydrogen) atoms. The lowest BCUT2D eigenvalue weighted by atomic mass is 10.2. The zero-order chi connectivity index (χ0) is 13.1. The number of nitro groups is 1. The van der Waals surface area contributed by atoms with Gasteiger partial charge in [0.1, 0.15) is 0 Å². The van der Waals surface area contributed by atoms with Crippen molar-refractivity contribution in [2.24, 2.45) is 0 Å². The summed E-state index contributed by atoms with van der Waals surface area (Å²) in [6.45, 7) is 1.43. The third kappa shape index (κ3) is 3.61. The first-order valence-corrected chi connectivity index (χ1v) is 6.17. The van der Waals surface area contributed by atoms with Gasteiger partial charge >= 0.3 is 7.82 Å². The molecule has 0 bridgehead atoms. The lowest BCUT2D eigenvalue weighted by Crippen LogP contribution is -2.03. The molecule has 1 aromatic rings. The molecule has 94 valence electrons. The molecule has 0 aromatic heterocycles.